The molecule has 3 aliphatic heterocycles. The molecule has 0 spiro atoms. The quantitative estimate of drug-likeness (QED) is 0.516. The van der Waals surface area contributed by atoms with Crippen LogP contribution in [0.15, 0.2) is 36.1 Å². The van der Waals surface area contributed by atoms with E-state index in [-0.39, 0.29) is 19.5 Å². The van der Waals surface area contributed by atoms with Crippen molar-refractivity contribution in [2.24, 2.45) is 5.41 Å². The average molecular weight is 510 g/mol. The highest BCUT2D eigenvalue weighted by molar-refractivity contribution is 5.52. The van der Waals surface area contributed by atoms with Crippen LogP contribution in [0, 0.1) is 5.41 Å². The van der Waals surface area contributed by atoms with Gasteiger partial charge < -0.3 is 19.7 Å². The van der Waals surface area contributed by atoms with Crippen molar-refractivity contribution in [2.45, 2.75) is 63.8 Å². The molecule has 5 nitrogen and oxygen atoms in total. The standard InChI is InChI=1S/C27H35F4N3O2/c1-18-12-19-13-23-24(36-17-35-23)14-22(19)25(34(18)16-27(29,30)31)26(2)7-4-20(5-8-26)32-21-6-11-33(15-21)10-3-9-28/h4-5,7,13-14,18,21,25,32H,3,6,8-12,15-17H2,1-2H3/t18-,21+,25+,26?/m1/s1. The van der Waals surface area contributed by atoms with E-state index in [0.29, 0.717) is 36.8 Å². The summed E-state index contributed by atoms with van der Waals surface area (Å²) in [5.74, 6) is 1.26. The van der Waals surface area contributed by atoms with E-state index in [0.717, 1.165) is 42.9 Å². The van der Waals surface area contributed by atoms with Gasteiger partial charge in [0.15, 0.2) is 11.5 Å². The number of rotatable bonds is 7. The SMILES string of the molecule is C[C@@H]1Cc2cc3c(cc2[C@@H](C2(C)C=CC(N[C@H]4CCN(CCCF)C4)=CC2)N1CC(F)(F)F)OCO3. The summed E-state index contributed by atoms with van der Waals surface area (Å²) in [6.45, 7) is 5.40. The van der Waals surface area contributed by atoms with Gasteiger partial charge in [0.25, 0.3) is 0 Å². The van der Waals surface area contributed by atoms with E-state index in [1.54, 1.807) is 4.90 Å². The van der Waals surface area contributed by atoms with E-state index < -0.39 is 24.2 Å². The number of nitrogens with one attached hydrogen (secondary N) is 1. The van der Waals surface area contributed by atoms with E-state index in [4.69, 9.17) is 9.47 Å². The maximum atomic E-state index is 13.7. The minimum absolute atomic E-state index is 0.131. The highest BCUT2D eigenvalue weighted by atomic mass is 19.4. The number of likely N-dealkylation sites (tertiary alicyclic amines) is 1. The number of hydrogen-bond donors (Lipinski definition) is 1. The van der Waals surface area contributed by atoms with Gasteiger partial charge in [0, 0.05) is 48.9 Å². The summed E-state index contributed by atoms with van der Waals surface area (Å²) >= 11 is 0. The molecule has 0 saturated carbocycles. The zero-order chi connectivity index (χ0) is 25.5. The lowest BCUT2D eigenvalue weighted by atomic mass is 9.69. The van der Waals surface area contributed by atoms with Gasteiger partial charge in [0.2, 0.25) is 6.79 Å². The molecule has 1 fully saturated rings. The Balaban J connectivity index is 1.37. The zero-order valence-electron chi connectivity index (χ0n) is 20.9. The summed E-state index contributed by atoms with van der Waals surface area (Å²) in [7, 11) is 0. The Kier molecular flexibility index (Phi) is 6.98. The molecule has 5 rings (SSSR count). The number of hydrogen-bond acceptors (Lipinski definition) is 5. The Hall–Kier alpha value is -2.26. The van der Waals surface area contributed by atoms with E-state index in [1.165, 1.54) is 0 Å². The molecule has 9 heteroatoms. The van der Waals surface area contributed by atoms with Crippen LogP contribution in [0.3, 0.4) is 0 Å². The lowest BCUT2D eigenvalue weighted by Gasteiger charge is -2.50. The molecule has 1 aromatic rings. The Morgan fingerprint density at radius 2 is 1.97 bits per heavy atom. The second-order valence-electron chi connectivity index (χ2n) is 10.8. The first-order valence-corrected chi connectivity index (χ1v) is 12.8. The molecule has 0 amide bonds. The summed E-state index contributed by atoms with van der Waals surface area (Å²) in [4.78, 5) is 3.88. The summed E-state index contributed by atoms with van der Waals surface area (Å²) in [5.41, 5.74) is 2.38. The number of fused-ring (bicyclic) bond motifs is 2. The second kappa shape index (κ2) is 9.89. The average Bonchev–Trinajstić information content (AvgIpc) is 3.46. The van der Waals surface area contributed by atoms with Crippen LogP contribution in [0.4, 0.5) is 17.6 Å². The van der Waals surface area contributed by atoms with Crippen LogP contribution in [0.1, 0.15) is 50.3 Å². The number of allylic oxidation sites excluding steroid dienone is 2. The predicted octanol–water partition coefficient (Wildman–Crippen LogP) is 5.14. The van der Waals surface area contributed by atoms with Gasteiger partial charge in [-0.05, 0) is 61.9 Å². The molecule has 4 atom stereocenters. The van der Waals surface area contributed by atoms with Gasteiger partial charge in [-0.1, -0.05) is 19.1 Å². The maximum Gasteiger partial charge on any atom is 0.401 e. The zero-order valence-corrected chi connectivity index (χ0v) is 20.9. The summed E-state index contributed by atoms with van der Waals surface area (Å²) in [5, 5.41) is 3.59. The number of halogens is 4. The van der Waals surface area contributed by atoms with Crippen molar-refractivity contribution in [3.8, 4) is 11.5 Å². The van der Waals surface area contributed by atoms with E-state index in [9.17, 15) is 17.6 Å². The lowest BCUT2D eigenvalue weighted by molar-refractivity contribution is -0.163. The number of benzene rings is 1. The van der Waals surface area contributed by atoms with Gasteiger partial charge in [-0.3, -0.25) is 9.29 Å². The second-order valence-corrected chi connectivity index (χ2v) is 10.8. The predicted molar refractivity (Wildman–Crippen MR) is 130 cm³/mol. The van der Waals surface area contributed by atoms with E-state index in [2.05, 4.69) is 22.4 Å². The fourth-order valence-corrected chi connectivity index (χ4v) is 6.22. The third kappa shape index (κ3) is 5.23. The molecule has 0 radical (unpaired) electrons. The first-order valence-electron chi connectivity index (χ1n) is 12.8. The van der Waals surface area contributed by atoms with Crippen LogP contribution in [-0.4, -0.2) is 67.7 Å². The summed E-state index contributed by atoms with van der Waals surface area (Å²) < 4.78 is 64.8. The minimum atomic E-state index is -4.30. The largest absolute Gasteiger partial charge is 0.454 e. The van der Waals surface area contributed by atoms with Crippen molar-refractivity contribution >= 4 is 0 Å². The van der Waals surface area contributed by atoms with Crippen molar-refractivity contribution in [1.29, 1.82) is 0 Å². The first-order chi connectivity index (χ1) is 17.1. The minimum Gasteiger partial charge on any atom is -0.454 e. The molecule has 36 heavy (non-hydrogen) atoms. The van der Waals surface area contributed by atoms with Crippen LogP contribution < -0.4 is 14.8 Å². The Morgan fingerprint density at radius 1 is 1.19 bits per heavy atom. The van der Waals surface area contributed by atoms with E-state index >= 15 is 0 Å². The number of ether oxygens (including phenoxy) is 2. The molecule has 4 aliphatic rings. The Bertz CT molecular complexity index is 1030. The van der Waals surface area contributed by atoms with Crippen LogP contribution >= 0.6 is 0 Å². The normalized spacial score (nSPS) is 30.4. The van der Waals surface area contributed by atoms with Gasteiger partial charge in [-0.2, -0.15) is 13.2 Å². The van der Waals surface area contributed by atoms with Gasteiger partial charge in [0.05, 0.1) is 13.2 Å². The highest BCUT2D eigenvalue weighted by Crippen LogP contribution is 2.52. The molecule has 3 heterocycles. The third-order valence-corrected chi connectivity index (χ3v) is 7.99. The molecule has 1 aromatic carbocycles. The topological polar surface area (TPSA) is 37.0 Å². The van der Waals surface area contributed by atoms with Gasteiger partial charge in [-0.25, -0.2) is 0 Å². The van der Waals surface area contributed by atoms with Crippen molar-refractivity contribution in [2.75, 3.05) is 39.6 Å². The molecule has 198 valence electrons. The van der Waals surface area contributed by atoms with Crippen molar-refractivity contribution in [3.05, 3.63) is 47.2 Å². The summed E-state index contributed by atoms with van der Waals surface area (Å²) in [6.07, 6.45) is 4.61. The van der Waals surface area contributed by atoms with Crippen LogP contribution in [-0.2, 0) is 6.42 Å². The van der Waals surface area contributed by atoms with Gasteiger partial charge in [0.1, 0.15) is 0 Å². The van der Waals surface area contributed by atoms with E-state index in [1.807, 2.05) is 32.1 Å². The molecule has 1 N–H and O–H groups in total. The smallest absolute Gasteiger partial charge is 0.401 e. The van der Waals surface area contributed by atoms with Crippen molar-refractivity contribution < 1.29 is 27.0 Å². The van der Waals surface area contributed by atoms with Crippen LogP contribution in [0.2, 0.25) is 0 Å². The van der Waals surface area contributed by atoms with Gasteiger partial charge >= 0.3 is 6.18 Å². The summed E-state index contributed by atoms with van der Waals surface area (Å²) in [6, 6.07) is 3.40. The molecule has 0 bridgehead atoms. The fraction of sp³-hybridized carbons (Fsp3) is 0.630. The number of alkyl halides is 4. The van der Waals surface area contributed by atoms with Crippen molar-refractivity contribution in [3.63, 3.8) is 0 Å². The van der Waals surface area contributed by atoms with Crippen LogP contribution in [0.5, 0.6) is 11.5 Å². The van der Waals surface area contributed by atoms with Crippen LogP contribution in [0.25, 0.3) is 0 Å². The third-order valence-electron chi connectivity index (χ3n) is 7.99. The van der Waals surface area contributed by atoms with Gasteiger partial charge in [-0.15, -0.1) is 0 Å². The first kappa shape index (κ1) is 25.4. The monoisotopic (exact) mass is 509 g/mol. The molecule has 1 aliphatic carbocycles. The lowest BCUT2D eigenvalue weighted by Crippen LogP contribution is -2.51. The highest BCUT2D eigenvalue weighted by Gasteiger charge is 2.47. The molecular formula is C27H35F4N3O2. The molecular weight excluding hydrogens is 474 g/mol. The molecule has 1 saturated heterocycles. The Labute approximate surface area is 210 Å². The number of nitrogens with zero attached hydrogens (tertiary/aromatic N) is 2. The Morgan fingerprint density at radius 3 is 2.67 bits per heavy atom. The maximum absolute atomic E-state index is 13.7. The van der Waals surface area contributed by atoms with Crippen molar-refractivity contribution in [1.82, 2.24) is 15.1 Å². The molecule has 1 unspecified atom stereocenters. The fourth-order valence-electron chi connectivity index (χ4n) is 6.22. The molecule has 0 aromatic heterocycles.